The van der Waals surface area contributed by atoms with E-state index in [4.69, 9.17) is 4.74 Å². The normalized spacial score (nSPS) is 18.9. The number of benzene rings is 1. The van der Waals surface area contributed by atoms with Crippen LogP contribution in [-0.2, 0) is 14.8 Å². The van der Waals surface area contributed by atoms with E-state index < -0.39 is 15.6 Å². The zero-order valence-electron chi connectivity index (χ0n) is 16.7. The van der Waals surface area contributed by atoms with E-state index in [1.807, 2.05) is 0 Å². The molecule has 2 fully saturated rings. The fraction of sp³-hybridized carbons (Fsp3) is 0.600. The third-order valence-corrected chi connectivity index (χ3v) is 6.89. The maximum atomic E-state index is 12.5. The average molecular weight is 421 g/mol. The number of nitriles is 1. The molecule has 3 N–H and O–H groups in total. The van der Waals surface area contributed by atoms with Crippen molar-refractivity contribution in [1.82, 2.24) is 10.0 Å². The molecule has 0 saturated heterocycles. The Morgan fingerprint density at radius 3 is 2.52 bits per heavy atom. The summed E-state index contributed by atoms with van der Waals surface area (Å²) in [4.78, 5) is 12.6. The van der Waals surface area contributed by atoms with E-state index in [-0.39, 0.29) is 23.4 Å². The minimum atomic E-state index is -3.61. The molecule has 1 aromatic carbocycles. The molecule has 0 aliphatic heterocycles. The first-order valence-electron chi connectivity index (χ1n) is 10.0. The van der Waals surface area contributed by atoms with Crippen LogP contribution in [0.15, 0.2) is 23.1 Å². The summed E-state index contributed by atoms with van der Waals surface area (Å²) in [6.07, 6.45) is 6.99. The Morgan fingerprint density at radius 1 is 1.24 bits per heavy atom. The minimum Gasteiger partial charge on any atom is -0.495 e. The SMILES string of the molecule is COc1ccc(S(=O)(=O)NC2CC2)cc1NCC(=O)NC1(C#N)CCCCCC1. The van der Waals surface area contributed by atoms with Gasteiger partial charge in [0.1, 0.15) is 11.3 Å². The van der Waals surface area contributed by atoms with E-state index in [1.54, 1.807) is 6.07 Å². The van der Waals surface area contributed by atoms with Crippen LogP contribution < -0.4 is 20.1 Å². The van der Waals surface area contributed by atoms with Crippen molar-refractivity contribution in [2.75, 3.05) is 19.0 Å². The third-order valence-electron chi connectivity index (χ3n) is 5.37. The number of anilines is 1. The van der Waals surface area contributed by atoms with Gasteiger partial charge in [-0.1, -0.05) is 25.7 Å². The number of sulfonamides is 1. The van der Waals surface area contributed by atoms with Crippen molar-refractivity contribution >= 4 is 21.6 Å². The smallest absolute Gasteiger partial charge is 0.240 e. The van der Waals surface area contributed by atoms with Crippen LogP contribution in [0, 0.1) is 11.3 Å². The van der Waals surface area contributed by atoms with Crippen molar-refractivity contribution in [1.29, 1.82) is 5.26 Å². The molecular weight excluding hydrogens is 392 g/mol. The lowest BCUT2D eigenvalue weighted by molar-refractivity contribution is -0.120. The molecule has 3 rings (SSSR count). The number of hydrogen-bond acceptors (Lipinski definition) is 6. The Hall–Kier alpha value is -2.31. The topological polar surface area (TPSA) is 120 Å². The van der Waals surface area contributed by atoms with Gasteiger partial charge in [-0.15, -0.1) is 0 Å². The third kappa shape index (κ3) is 5.61. The molecule has 0 radical (unpaired) electrons. The van der Waals surface area contributed by atoms with E-state index in [1.165, 1.54) is 19.2 Å². The van der Waals surface area contributed by atoms with Gasteiger partial charge in [0.2, 0.25) is 15.9 Å². The zero-order valence-corrected chi connectivity index (χ0v) is 17.5. The standard InChI is InChI=1S/C20H28N4O4S/c1-28-18-9-8-16(29(26,27)24-15-6-7-15)12-17(18)22-13-19(25)23-20(14-21)10-4-2-3-5-11-20/h8-9,12,15,22,24H,2-7,10-11,13H2,1H3,(H,23,25). The first-order valence-corrected chi connectivity index (χ1v) is 11.5. The minimum absolute atomic E-state index is 0.00559. The Balaban J connectivity index is 1.67. The Labute approximate surface area is 172 Å². The molecule has 29 heavy (non-hydrogen) atoms. The van der Waals surface area contributed by atoms with Gasteiger partial charge < -0.3 is 15.4 Å². The highest BCUT2D eigenvalue weighted by molar-refractivity contribution is 7.89. The molecule has 0 spiro atoms. The van der Waals surface area contributed by atoms with Crippen LogP contribution in [0.3, 0.4) is 0 Å². The molecule has 0 unspecified atom stereocenters. The molecule has 0 aromatic heterocycles. The van der Waals surface area contributed by atoms with Gasteiger partial charge in [-0.25, -0.2) is 13.1 Å². The molecule has 0 heterocycles. The van der Waals surface area contributed by atoms with Crippen LogP contribution in [-0.4, -0.2) is 39.6 Å². The highest BCUT2D eigenvalue weighted by Gasteiger charge is 2.32. The number of amides is 1. The van der Waals surface area contributed by atoms with Gasteiger partial charge in [0.05, 0.1) is 30.3 Å². The molecule has 0 bridgehead atoms. The van der Waals surface area contributed by atoms with Crippen LogP contribution >= 0.6 is 0 Å². The molecule has 2 aliphatic rings. The van der Waals surface area contributed by atoms with Gasteiger partial charge in [-0.05, 0) is 43.9 Å². The summed E-state index contributed by atoms with van der Waals surface area (Å²) < 4.78 is 32.8. The summed E-state index contributed by atoms with van der Waals surface area (Å²) in [5.74, 6) is 0.132. The van der Waals surface area contributed by atoms with Crippen LogP contribution in [0.1, 0.15) is 51.4 Å². The summed E-state index contributed by atoms with van der Waals surface area (Å²) >= 11 is 0. The summed E-state index contributed by atoms with van der Waals surface area (Å²) in [5.41, 5.74) is -0.410. The highest BCUT2D eigenvalue weighted by atomic mass is 32.2. The van der Waals surface area contributed by atoms with Gasteiger partial charge >= 0.3 is 0 Å². The molecule has 158 valence electrons. The molecule has 9 heteroatoms. The summed E-state index contributed by atoms with van der Waals surface area (Å²) in [6, 6.07) is 6.79. The van der Waals surface area contributed by atoms with Gasteiger partial charge in [0, 0.05) is 6.04 Å². The number of carbonyl (C=O) groups excluding carboxylic acids is 1. The number of nitrogens with one attached hydrogen (secondary N) is 3. The van der Waals surface area contributed by atoms with Crippen LogP contribution in [0.2, 0.25) is 0 Å². The molecule has 2 aliphatic carbocycles. The van der Waals surface area contributed by atoms with E-state index >= 15 is 0 Å². The summed E-state index contributed by atoms with van der Waals surface area (Å²) in [7, 11) is -2.13. The van der Waals surface area contributed by atoms with E-state index in [0.29, 0.717) is 24.3 Å². The van der Waals surface area contributed by atoms with Crippen molar-refractivity contribution < 1.29 is 17.9 Å². The Kier molecular flexibility index (Phi) is 6.65. The number of methoxy groups -OCH3 is 1. The number of rotatable bonds is 8. The second-order valence-electron chi connectivity index (χ2n) is 7.77. The van der Waals surface area contributed by atoms with Crippen LogP contribution in [0.4, 0.5) is 5.69 Å². The number of carbonyl (C=O) groups is 1. The largest absolute Gasteiger partial charge is 0.495 e. The summed E-state index contributed by atoms with van der Waals surface area (Å²) in [5, 5.41) is 15.4. The van der Waals surface area contributed by atoms with Gasteiger partial charge in [-0.3, -0.25) is 4.79 Å². The lowest BCUT2D eigenvalue weighted by Gasteiger charge is -2.26. The maximum Gasteiger partial charge on any atom is 0.240 e. The maximum absolute atomic E-state index is 12.5. The van der Waals surface area contributed by atoms with E-state index in [0.717, 1.165) is 38.5 Å². The fourth-order valence-electron chi connectivity index (χ4n) is 3.56. The van der Waals surface area contributed by atoms with Crippen molar-refractivity contribution in [3.8, 4) is 11.8 Å². The van der Waals surface area contributed by atoms with E-state index in [9.17, 15) is 18.5 Å². The van der Waals surface area contributed by atoms with Crippen LogP contribution in [0.5, 0.6) is 5.75 Å². The van der Waals surface area contributed by atoms with E-state index in [2.05, 4.69) is 21.4 Å². The molecule has 2 saturated carbocycles. The lowest BCUT2D eigenvalue weighted by Crippen LogP contribution is -2.49. The lowest BCUT2D eigenvalue weighted by atomic mass is 9.92. The second-order valence-corrected chi connectivity index (χ2v) is 9.48. The van der Waals surface area contributed by atoms with Gasteiger partial charge in [-0.2, -0.15) is 5.26 Å². The van der Waals surface area contributed by atoms with Crippen molar-refractivity contribution in [3.05, 3.63) is 18.2 Å². The highest BCUT2D eigenvalue weighted by Crippen LogP contribution is 2.29. The van der Waals surface area contributed by atoms with Gasteiger partial charge in [0.15, 0.2) is 0 Å². The van der Waals surface area contributed by atoms with Crippen LogP contribution in [0.25, 0.3) is 0 Å². The quantitative estimate of drug-likeness (QED) is 0.555. The van der Waals surface area contributed by atoms with Crippen molar-refractivity contribution in [2.24, 2.45) is 0 Å². The monoisotopic (exact) mass is 420 g/mol. The zero-order chi connectivity index (χ0) is 20.9. The Bertz CT molecular complexity index is 882. The summed E-state index contributed by atoms with van der Waals surface area (Å²) in [6.45, 7) is -0.0840. The fourth-order valence-corrected chi connectivity index (χ4v) is 4.90. The molecule has 8 nitrogen and oxygen atoms in total. The Morgan fingerprint density at radius 2 is 1.93 bits per heavy atom. The number of ether oxygens (including phenoxy) is 1. The molecule has 1 amide bonds. The number of nitrogens with zero attached hydrogens (tertiary/aromatic N) is 1. The van der Waals surface area contributed by atoms with Crippen molar-refractivity contribution in [3.63, 3.8) is 0 Å². The molecule has 1 aromatic rings. The first-order chi connectivity index (χ1) is 13.9. The first kappa shape index (κ1) is 21.4. The predicted octanol–water partition coefficient (Wildman–Crippen LogP) is 2.28. The predicted molar refractivity (Wildman–Crippen MR) is 109 cm³/mol. The van der Waals surface area contributed by atoms with Crippen molar-refractivity contribution in [2.45, 2.75) is 67.8 Å². The molecule has 0 atom stereocenters. The number of hydrogen-bond donors (Lipinski definition) is 3. The molecular formula is C20H28N4O4S. The van der Waals surface area contributed by atoms with Gasteiger partial charge in [0.25, 0.3) is 0 Å². The second kappa shape index (κ2) is 9.01. The average Bonchev–Trinajstić information content (AvgIpc) is 3.53.